The van der Waals surface area contributed by atoms with E-state index in [2.05, 4.69) is 6.07 Å². The van der Waals surface area contributed by atoms with Crippen LogP contribution in [0.15, 0.2) is 42.5 Å². The maximum Gasteiger partial charge on any atom is 0.165 e. The lowest BCUT2D eigenvalue weighted by molar-refractivity contribution is 0.0982. The van der Waals surface area contributed by atoms with Crippen molar-refractivity contribution in [1.82, 2.24) is 0 Å². The highest BCUT2D eigenvalue weighted by Gasteiger charge is 2.32. The summed E-state index contributed by atoms with van der Waals surface area (Å²) in [7, 11) is 0. The molecule has 0 saturated carbocycles. The van der Waals surface area contributed by atoms with Gasteiger partial charge in [-0.25, -0.2) is 0 Å². The van der Waals surface area contributed by atoms with Crippen LogP contribution in [-0.2, 0) is 6.42 Å². The fourth-order valence-electron chi connectivity index (χ4n) is 2.75. The quantitative estimate of drug-likeness (QED) is 0.940. The minimum absolute atomic E-state index is 0.131. The van der Waals surface area contributed by atoms with Crippen LogP contribution in [0.5, 0.6) is 11.5 Å². The number of hydrogen-bond donors (Lipinski definition) is 1. The normalized spacial score (nSPS) is 16.1. The molecule has 0 amide bonds. The summed E-state index contributed by atoms with van der Waals surface area (Å²) >= 11 is 0. The maximum atomic E-state index is 10.2. The number of benzene rings is 2. The summed E-state index contributed by atoms with van der Waals surface area (Å²) in [5, 5.41) is 19.0. The van der Waals surface area contributed by atoms with E-state index in [0.717, 1.165) is 23.3 Å². The lowest BCUT2D eigenvalue weighted by atomic mass is 10.0. The molecular formula is C19H19NO3. The van der Waals surface area contributed by atoms with Crippen LogP contribution in [0, 0.1) is 11.3 Å². The Morgan fingerprint density at radius 2 is 2.00 bits per heavy atom. The number of fused-ring (bicyclic) bond motifs is 1. The van der Waals surface area contributed by atoms with E-state index in [0.29, 0.717) is 11.3 Å². The van der Waals surface area contributed by atoms with Gasteiger partial charge in [-0.1, -0.05) is 24.3 Å². The Bertz CT molecular complexity index is 744. The Balaban J connectivity index is 1.70. The third-order valence-corrected chi connectivity index (χ3v) is 3.88. The summed E-state index contributed by atoms with van der Waals surface area (Å²) in [6.45, 7) is 4.22. The van der Waals surface area contributed by atoms with Gasteiger partial charge in [0, 0.05) is 12.0 Å². The van der Waals surface area contributed by atoms with Gasteiger partial charge in [-0.2, -0.15) is 5.26 Å². The molecule has 118 valence electrons. The van der Waals surface area contributed by atoms with Crippen molar-refractivity contribution < 1.29 is 14.6 Å². The van der Waals surface area contributed by atoms with Gasteiger partial charge in [-0.05, 0) is 37.6 Å². The van der Waals surface area contributed by atoms with Gasteiger partial charge in [0.25, 0.3) is 0 Å². The van der Waals surface area contributed by atoms with E-state index in [9.17, 15) is 5.11 Å². The SMILES string of the molecule is CC1(C)Cc2cccc(OCC(O)c3ccc(C#N)cc3)c2O1. The summed E-state index contributed by atoms with van der Waals surface area (Å²) < 4.78 is 11.7. The van der Waals surface area contributed by atoms with Gasteiger partial charge in [0.15, 0.2) is 11.5 Å². The molecule has 23 heavy (non-hydrogen) atoms. The molecule has 0 fully saturated rings. The van der Waals surface area contributed by atoms with Crippen LogP contribution in [0.2, 0.25) is 0 Å². The van der Waals surface area contributed by atoms with Crippen LogP contribution in [0.1, 0.15) is 36.6 Å². The predicted molar refractivity (Wildman–Crippen MR) is 86.5 cm³/mol. The molecule has 1 aliphatic rings. The molecule has 1 heterocycles. The first-order chi connectivity index (χ1) is 11.0. The molecule has 4 heteroatoms. The van der Waals surface area contributed by atoms with Crippen molar-refractivity contribution in [2.45, 2.75) is 32.0 Å². The van der Waals surface area contributed by atoms with Crippen molar-refractivity contribution in [1.29, 1.82) is 5.26 Å². The summed E-state index contributed by atoms with van der Waals surface area (Å²) in [5.41, 5.74) is 2.18. The first-order valence-corrected chi connectivity index (χ1v) is 7.60. The fourth-order valence-corrected chi connectivity index (χ4v) is 2.75. The number of rotatable bonds is 4. The average Bonchev–Trinajstić information content (AvgIpc) is 2.87. The molecule has 0 radical (unpaired) electrons. The van der Waals surface area contributed by atoms with Crippen molar-refractivity contribution in [3.63, 3.8) is 0 Å². The fraction of sp³-hybridized carbons (Fsp3) is 0.316. The highest BCUT2D eigenvalue weighted by atomic mass is 16.5. The van der Waals surface area contributed by atoms with Crippen LogP contribution < -0.4 is 9.47 Å². The second kappa shape index (κ2) is 5.94. The molecule has 0 bridgehead atoms. The first-order valence-electron chi connectivity index (χ1n) is 7.60. The molecule has 0 aliphatic carbocycles. The average molecular weight is 309 g/mol. The zero-order valence-electron chi connectivity index (χ0n) is 13.2. The zero-order valence-corrected chi connectivity index (χ0v) is 13.2. The molecule has 2 aromatic carbocycles. The second-order valence-corrected chi connectivity index (χ2v) is 6.34. The highest BCUT2D eigenvalue weighted by molar-refractivity contribution is 5.50. The van der Waals surface area contributed by atoms with Crippen molar-refractivity contribution in [3.8, 4) is 17.6 Å². The molecule has 1 unspecified atom stereocenters. The van der Waals surface area contributed by atoms with Crippen LogP contribution in [0.3, 0.4) is 0 Å². The number of aliphatic hydroxyl groups is 1. The molecule has 2 aromatic rings. The van der Waals surface area contributed by atoms with Gasteiger partial charge in [-0.15, -0.1) is 0 Å². The number of nitrogens with zero attached hydrogens (tertiary/aromatic N) is 1. The number of ether oxygens (including phenoxy) is 2. The zero-order chi connectivity index (χ0) is 16.4. The summed E-state index contributed by atoms with van der Waals surface area (Å²) in [5.74, 6) is 1.42. The largest absolute Gasteiger partial charge is 0.487 e. The monoisotopic (exact) mass is 309 g/mol. The Hall–Kier alpha value is -2.51. The Labute approximate surface area is 135 Å². The molecule has 1 N–H and O–H groups in total. The van der Waals surface area contributed by atoms with E-state index in [1.54, 1.807) is 24.3 Å². The molecule has 0 aromatic heterocycles. The van der Waals surface area contributed by atoms with Gasteiger partial charge in [0.1, 0.15) is 18.3 Å². The number of hydrogen-bond acceptors (Lipinski definition) is 4. The predicted octanol–water partition coefficient (Wildman–Crippen LogP) is 3.38. The van der Waals surface area contributed by atoms with E-state index in [4.69, 9.17) is 14.7 Å². The third kappa shape index (κ3) is 3.30. The lowest BCUT2D eigenvalue weighted by Crippen LogP contribution is -2.24. The molecule has 4 nitrogen and oxygen atoms in total. The molecule has 3 rings (SSSR count). The van der Waals surface area contributed by atoms with Gasteiger partial charge < -0.3 is 14.6 Å². The molecule has 0 spiro atoms. The molecular weight excluding hydrogens is 290 g/mol. The highest BCUT2D eigenvalue weighted by Crippen LogP contribution is 2.41. The van der Waals surface area contributed by atoms with Crippen molar-refractivity contribution in [2.24, 2.45) is 0 Å². The van der Waals surface area contributed by atoms with Crippen molar-refractivity contribution in [3.05, 3.63) is 59.2 Å². The van der Waals surface area contributed by atoms with Crippen LogP contribution >= 0.6 is 0 Å². The van der Waals surface area contributed by atoms with Crippen molar-refractivity contribution >= 4 is 0 Å². The smallest absolute Gasteiger partial charge is 0.165 e. The van der Waals surface area contributed by atoms with Gasteiger partial charge in [0.2, 0.25) is 0 Å². The standard InChI is InChI=1S/C19H19NO3/c1-19(2)10-15-4-3-5-17(18(15)23-19)22-12-16(21)14-8-6-13(11-20)7-9-14/h3-9,16,21H,10,12H2,1-2H3. The van der Waals surface area contributed by atoms with E-state index in [1.807, 2.05) is 32.0 Å². The van der Waals surface area contributed by atoms with Crippen molar-refractivity contribution in [2.75, 3.05) is 6.61 Å². The van der Waals surface area contributed by atoms with Gasteiger partial charge >= 0.3 is 0 Å². The molecule has 0 saturated heterocycles. The topological polar surface area (TPSA) is 62.5 Å². The Morgan fingerprint density at radius 1 is 1.26 bits per heavy atom. The van der Waals surface area contributed by atoms with E-state index >= 15 is 0 Å². The Morgan fingerprint density at radius 3 is 2.70 bits per heavy atom. The summed E-state index contributed by atoms with van der Waals surface area (Å²) in [6, 6.07) is 14.7. The summed E-state index contributed by atoms with van der Waals surface area (Å²) in [4.78, 5) is 0. The second-order valence-electron chi connectivity index (χ2n) is 6.34. The van der Waals surface area contributed by atoms with Crippen LogP contribution in [0.25, 0.3) is 0 Å². The van der Waals surface area contributed by atoms with E-state index in [1.165, 1.54) is 0 Å². The third-order valence-electron chi connectivity index (χ3n) is 3.88. The molecule has 1 atom stereocenters. The number of aliphatic hydroxyl groups excluding tert-OH is 1. The van der Waals surface area contributed by atoms with E-state index in [-0.39, 0.29) is 12.2 Å². The minimum Gasteiger partial charge on any atom is -0.487 e. The van der Waals surface area contributed by atoms with Crippen LogP contribution in [-0.4, -0.2) is 17.3 Å². The molecule has 1 aliphatic heterocycles. The van der Waals surface area contributed by atoms with E-state index < -0.39 is 6.10 Å². The van der Waals surface area contributed by atoms with Gasteiger partial charge in [-0.3, -0.25) is 0 Å². The van der Waals surface area contributed by atoms with Crippen LogP contribution in [0.4, 0.5) is 0 Å². The summed E-state index contributed by atoms with van der Waals surface area (Å²) in [6.07, 6.45) is 0.0885. The number of nitriles is 1. The Kier molecular flexibility index (Phi) is 3.97. The maximum absolute atomic E-state index is 10.2. The lowest BCUT2D eigenvalue weighted by Gasteiger charge is -2.19. The first kappa shape index (κ1) is 15.4. The van der Waals surface area contributed by atoms with Gasteiger partial charge in [0.05, 0.1) is 11.6 Å². The minimum atomic E-state index is -0.756. The number of para-hydroxylation sites is 1.